The van der Waals surface area contributed by atoms with Crippen LogP contribution in [0.25, 0.3) is 0 Å². The zero-order valence-electron chi connectivity index (χ0n) is 16.5. The van der Waals surface area contributed by atoms with Crippen molar-refractivity contribution in [1.82, 2.24) is 5.32 Å². The molecule has 0 fully saturated rings. The third-order valence-electron chi connectivity index (χ3n) is 4.08. The minimum absolute atomic E-state index is 0.144. The van der Waals surface area contributed by atoms with E-state index in [4.69, 9.17) is 4.74 Å². The summed E-state index contributed by atoms with van der Waals surface area (Å²) in [6, 6.07) is 14.0. The van der Waals surface area contributed by atoms with E-state index in [9.17, 15) is 4.79 Å². The molecule has 4 nitrogen and oxygen atoms in total. The van der Waals surface area contributed by atoms with Crippen LogP contribution >= 0.6 is 0 Å². The molecule has 0 bridgehead atoms. The Morgan fingerprint density at radius 3 is 2.19 bits per heavy atom. The van der Waals surface area contributed by atoms with Crippen molar-refractivity contribution in [2.75, 3.05) is 18.5 Å². The number of amides is 2. The highest BCUT2D eigenvalue weighted by Crippen LogP contribution is 2.24. The Bertz CT molecular complexity index is 711. The van der Waals surface area contributed by atoms with Gasteiger partial charge in [-0.1, -0.05) is 39.0 Å². The Balaban J connectivity index is 1.68. The number of carbonyl (C=O) groups excluding carboxylic acids is 1. The normalized spacial score (nSPS) is 11.1. The maximum Gasteiger partial charge on any atom is 0.319 e. The van der Waals surface area contributed by atoms with E-state index in [-0.39, 0.29) is 11.4 Å². The monoisotopic (exact) mass is 354 g/mol. The lowest BCUT2D eigenvalue weighted by Gasteiger charge is -2.19. The van der Waals surface area contributed by atoms with Gasteiger partial charge in [0.1, 0.15) is 5.75 Å². The summed E-state index contributed by atoms with van der Waals surface area (Å²) in [4.78, 5) is 11.9. The van der Waals surface area contributed by atoms with E-state index < -0.39 is 0 Å². The van der Waals surface area contributed by atoms with Crippen LogP contribution in [0.5, 0.6) is 5.75 Å². The van der Waals surface area contributed by atoms with Gasteiger partial charge in [-0.25, -0.2) is 4.79 Å². The van der Waals surface area contributed by atoms with Gasteiger partial charge in [-0.2, -0.15) is 0 Å². The van der Waals surface area contributed by atoms with Crippen molar-refractivity contribution >= 4 is 11.7 Å². The first-order valence-electron chi connectivity index (χ1n) is 9.10. The predicted molar refractivity (Wildman–Crippen MR) is 108 cm³/mol. The van der Waals surface area contributed by atoms with Crippen LogP contribution < -0.4 is 15.4 Å². The van der Waals surface area contributed by atoms with Crippen LogP contribution in [0, 0.1) is 13.8 Å². The lowest BCUT2D eigenvalue weighted by molar-refractivity contribution is 0.250. The number of carbonyl (C=O) groups is 1. The molecule has 0 spiro atoms. The van der Waals surface area contributed by atoms with Crippen LogP contribution in [-0.4, -0.2) is 19.2 Å². The molecule has 0 atom stereocenters. The number of rotatable bonds is 6. The fourth-order valence-electron chi connectivity index (χ4n) is 2.74. The first kappa shape index (κ1) is 19.8. The summed E-state index contributed by atoms with van der Waals surface area (Å²) in [6.07, 6.45) is 0.751. The molecule has 2 aromatic rings. The fraction of sp³-hybridized carbons (Fsp3) is 0.409. The molecule has 2 N–H and O–H groups in total. The summed E-state index contributed by atoms with van der Waals surface area (Å²) in [5, 5.41) is 5.72. The quantitative estimate of drug-likeness (QED) is 0.701. The van der Waals surface area contributed by atoms with Crippen molar-refractivity contribution in [3.8, 4) is 5.75 Å². The molecular formula is C22H30N2O2. The van der Waals surface area contributed by atoms with E-state index in [1.807, 2.05) is 38.1 Å². The Hall–Kier alpha value is -2.49. The van der Waals surface area contributed by atoms with Crippen molar-refractivity contribution in [2.45, 2.75) is 46.5 Å². The Morgan fingerprint density at radius 2 is 1.62 bits per heavy atom. The largest absolute Gasteiger partial charge is 0.494 e. The van der Waals surface area contributed by atoms with Crippen LogP contribution in [0.2, 0.25) is 0 Å². The second kappa shape index (κ2) is 8.75. The number of benzene rings is 2. The van der Waals surface area contributed by atoms with E-state index >= 15 is 0 Å². The van der Waals surface area contributed by atoms with Gasteiger partial charge in [0.2, 0.25) is 0 Å². The van der Waals surface area contributed by atoms with Crippen LogP contribution in [0.1, 0.15) is 43.9 Å². The van der Waals surface area contributed by atoms with E-state index in [1.54, 1.807) is 0 Å². The average Bonchev–Trinajstić information content (AvgIpc) is 2.53. The minimum Gasteiger partial charge on any atom is -0.494 e. The van der Waals surface area contributed by atoms with Crippen molar-refractivity contribution in [1.29, 1.82) is 0 Å². The molecular weight excluding hydrogens is 324 g/mol. The minimum atomic E-state index is -0.190. The van der Waals surface area contributed by atoms with Crippen molar-refractivity contribution in [2.24, 2.45) is 0 Å². The predicted octanol–water partition coefficient (Wildman–Crippen LogP) is 5.19. The molecule has 0 saturated heterocycles. The molecule has 2 aromatic carbocycles. The number of urea groups is 1. The maximum absolute atomic E-state index is 11.9. The van der Waals surface area contributed by atoms with Gasteiger partial charge < -0.3 is 15.4 Å². The summed E-state index contributed by atoms with van der Waals surface area (Å²) < 4.78 is 5.73. The molecule has 0 aliphatic heterocycles. The number of nitrogens with one attached hydrogen (secondary N) is 2. The first-order valence-corrected chi connectivity index (χ1v) is 9.10. The van der Waals surface area contributed by atoms with E-state index in [0.29, 0.717) is 13.2 Å². The van der Waals surface area contributed by atoms with Crippen LogP contribution in [0.4, 0.5) is 10.5 Å². The van der Waals surface area contributed by atoms with E-state index in [1.165, 1.54) is 5.56 Å². The lowest BCUT2D eigenvalue weighted by Crippen LogP contribution is -2.30. The number of aryl methyl sites for hydroxylation is 2. The first-order chi connectivity index (χ1) is 12.2. The zero-order chi connectivity index (χ0) is 19.2. The summed E-state index contributed by atoms with van der Waals surface area (Å²) in [5.41, 5.74) is 4.51. The highest BCUT2D eigenvalue weighted by molar-refractivity contribution is 5.89. The molecule has 26 heavy (non-hydrogen) atoms. The summed E-state index contributed by atoms with van der Waals surface area (Å²) >= 11 is 0. The van der Waals surface area contributed by atoms with Gasteiger partial charge in [0.15, 0.2) is 0 Å². The highest BCUT2D eigenvalue weighted by Gasteiger charge is 2.12. The zero-order valence-corrected chi connectivity index (χ0v) is 16.5. The number of hydrogen-bond acceptors (Lipinski definition) is 2. The SMILES string of the molecule is Cc1cc(C)cc(NC(=O)NCCCOc2ccc(C(C)(C)C)cc2)c1. The van der Waals surface area contributed by atoms with E-state index in [0.717, 1.165) is 29.0 Å². The molecule has 0 heterocycles. The maximum atomic E-state index is 11.9. The van der Waals surface area contributed by atoms with Crippen molar-refractivity contribution in [3.63, 3.8) is 0 Å². The molecule has 140 valence electrons. The number of anilines is 1. The molecule has 0 radical (unpaired) electrons. The second-order valence-electron chi connectivity index (χ2n) is 7.73. The average molecular weight is 354 g/mol. The summed E-state index contributed by atoms with van der Waals surface area (Å²) in [5.74, 6) is 0.859. The van der Waals surface area contributed by atoms with Gasteiger partial charge in [0.25, 0.3) is 0 Å². The van der Waals surface area contributed by atoms with Gasteiger partial charge >= 0.3 is 6.03 Å². The highest BCUT2D eigenvalue weighted by atomic mass is 16.5. The van der Waals surface area contributed by atoms with Crippen molar-refractivity contribution < 1.29 is 9.53 Å². The van der Waals surface area contributed by atoms with Crippen LogP contribution in [0.3, 0.4) is 0 Å². The van der Waals surface area contributed by atoms with Crippen LogP contribution in [0.15, 0.2) is 42.5 Å². The summed E-state index contributed by atoms with van der Waals surface area (Å²) in [7, 11) is 0. The molecule has 0 aliphatic rings. The third-order valence-corrected chi connectivity index (χ3v) is 4.08. The van der Waals surface area contributed by atoms with Gasteiger partial charge in [-0.15, -0.1) is 0 Å². The molecule has 0 saturated carbocycles. The fourth-order valence-corrected chi connectivity index (χ4v) is 2.74. The number of ether oxygens (including phenoxy) is 1. The Kier molecular flexibility index (Phi) is 6.67. The molecule has 2 rings (SSSR count). The van der Waals surface area contributed by atoms with Crippen molar-refractivity contribution in [3.05, 3.63) is 59.2 Å². The van der Waals surface area contributed by atoms with Gasteiger partial charge in [-0.05, 0) is 66.6 Å². The topological polar surface area (TPSA) is 50.4 Å². The Morgan fingerprint density at radius 1 is 1.00 bits per heavy atom. The number of hydrogen-bond donors (Lipinski definition) is 2. The molecule has 0 unspecified atom stereocenters. The smallest absolute Gasteiger partial charge is 0.319 e. The van der Waals surface area contributed by atoms with Crippen LogP contribution in [-0.2, 0) is 5.41 Å². The summed E-state index contributed by atoms with van der Waals surface area (Å²) in [6.45, 7) is 11.7. The third kappa shape index (κ3) is 6.43. The Labute approximate surface area is 157 Å². The van der Waals surface area contributed by atoms with Gasteiger partial charge in [0, 0.05) is 12.2 Å². The van der Waals surface area contributed by atoms with Gasteiger partial charge in [-0.3, -0.25) is 0 Å². The van der Waals surface area contributed by atoms with Gasteiger partial charge in [0.05, 0.1) is 6.61 Å². The molecule has 0 aromatic heterocycles. The molecule has 0 aliphatic carbocycles. The molecule has 2 amide bonds. The second-order valence-corrected chi connectivity index (χ2v) is 7.73. The standard InChI is InChI=1S/C22H30N2O2/c1-16-13-17(2)15-19(14-16)24-21(25)23-11-6-12-26-20-9-7-18(8-10-20)22(3,4)5/h7-10,13-15H,6,11-12H2,1-5H3,(H2,23,24,25). The molecule has 4 heteroatoms. The lowest BCUT2D eigenvalue weighted by atomic mass is 9.87. The van der Waals surface area contributed by atoms with E-state index in [2.05, 4.69) is 49.6 Å².